The molecule has 0 radical (unpaired) electrons. The second-order valence-electron chi connectivity index (χ2n) is 5.87. The first kappa shape index (κ1) is 18.3. The van der Waals surface area contributed by atoms with Gasteiger partial charge in [-0.1, -0.05) is 24.3 Å². The Bertz CT molecular complexity index is 773. The molecule has 2 N–H and O–H groups in total. The van der Waals surface area contributed by atoms with Crippen molar-refractivity contribution >= 4 is 21.4 Å². The normalized spacial score (nSPS) is 14.0. The van der Waals surface area contributed by atoms with Crippen molar-refractivity contribution in [1.82, 2.24) is 0 Å². The summed E-state index contributed by atoms with van der Waals surface area (Å²) in [7, 11) is -1.56. The molecular weight excluding hydrogens is 324 g/mol. The molecule has 0 saturated heterocycles. The van der Waals surface area contributed by atoms with Gasteiger partial charge in [0.05, 0.1) is 12.4 Å². The molecule has 2 aromatic rings. The summed E-state index contributed by atoms with van der Waals surface area (Å²) in [5, 5.41) is 3.45. The topological polar surface area (TPSA) is 67.4 Å². The van der Waals surface area contributed by atoms with E-state index < -0.39 is 10.0 Å². The summed E-state index contributed by atoms with van der Waals surface area (Å²) >= 11 is 0. The molecular formula is C18H24N2O3S. The smallest absolute Gasteiger partial charge is 0.229 e. The van der Waals surface area contributed by atoms with E-state index in [2.05, 4.69) is 23.0 Å². The van der Waals surface area contributed by atoms with E-state index in [1.165, 1.54) is 0 Å². The van der Waals surface area contributed by atoms with Crippen LogP contribution in [0.4, 0.5) is 11.4 Å². The van der Waals surface area contributed by atoms with E-state index in [1.807, 2.05) is 37.3 Å². The van der Waals surface area contributed by atoms with Gasteiger partial charge >= 0.3 is 0 Å². The molecule has 5 nitrogen and oxygen atoms in total. The van der Waals surface area contributed by atoms with Crippen LogP contribution in [0, 0.1) is 0 Å². The van der Waals surface area contributed by atoms with Crippen molar-refractivity contribution in [3.05, 3.63) is 59.7 Å². The fourth-order valence-corrected chi connectivity index (χ4v) is 2.97. The molecule has 2 aromatic carbocycles. The lowest BCUT2D eigenvalue weighted by molar-refractivity contribution is 0.119. The van der Waals surface area contributed by atoms with Crippen LogP contribution in [0.25, 0.3) is 0 Å². The lowest BCUT2D eigenvalue weighted by Gasteiger charge is -2.18. The lowest BCUT2D eigenvalue weighted by Crippen LogP contribution is -2.10. The van der Waals surface area contributed by atoms with E-state index in [4.69, 9.17) is 4.74 Å². The van der Waals surface area contributed by atoms with Crippen LogP contribution in [-0.4, -0.2) is 21.8 Å². The van der Waals surface area contributed by atoms with Gasteiger partial charge in [-0.3, -0.25) is 4.72 Å². The Kier molecular flexibility index (Phi) is 5.85. The van der Waals surface area contributed by atoms with Crippen molar-refractivity contribution in [3.8, 4) is 0 Å². The third-order valence-electron chi connectivity index (χ3n) is 3.81. The Labute approximate surface area is 144 Å². The minimum absolute atomic E-state index is 0.0448. The van der Waals surface area contributed by atoms with Crippen molar-refractivity contribution in [2.45, 2.75) is 26.0 Å². The van der Waals surface area contributed by atoms with Gasteiger partial charge in [-0.2, -0.15) is 0 Å². The molecule has 24 heavy (non-hydrogen) atoms. The van der Waals surface area contributed by atoms with Crippen molar-refractivity contribution in [2.75, 3.05) is 23.4 Å². The zero-order valence-corrected chi connectivity index (χ0v) is 15.2. The molecule has 0 fully saturated rings. The first-order valence-corrected chi connectivity index (χ1v) is 9.64. The number of nitrogens with one attached hydrogen (secondary N) is 2. The SMILES string of the molecule is CO[C@H](C)c1cccc(N[C@@H](C)c2ccc(NS(C)(=O)=O)cc2)c1. The third kappa shape index (κ3) is 5.25. The van der Waals surface area contributed by atoms with E-state index in [-0.39, 0.29) is 12.1 Å². The molecule has 0 amide bonds. The molecule has 0 spiro atoms. The van der Waals surface area contributed by atoms with Gasteiger partial charge in [0, 0.05) is 24.5 Å². The van der Waals surface area contributed by atoms with Crippen LogP contribution in [0.15, 0.2) is 48.5 Å². The summed E-state index contributed by atoms with van der Waals surface area (Å²) in [6, 6.07) is 15.6. The summed E-state index contributed by atoms with van der Waals surface area (Å²) in [6.07, 6.45) is 1.18. The molecule has 0 aromatic heterocycles. The fraction of sp³-hybridized carbons (Fsp3) is 0.333. The van der Waals surface area contributed by atoms with E-state index in [9.17, 15) is 8.42 Å². The van der Waals surface area contributed by atoms with E-state index >= 15 is 0 Å². The zero-order valence-electron chi connectivity index (χ0n) is 14.4. The predicted octanol–water partition coefficient (Wildman–Crippen LogP) is 3.94. The third-order valence-corrected chi connectivity index (χ3v) is 4.41. The summed E-state index contributed by atoms with van der Waals surface area (Å²) in [5.74, 6) is 0. The average molecular weight is 348 g/mol. The summed E-state index contributed by atoms with van der Waals surface area (Å²) in [5.41, 5.74) is 3.76. The molecule has 6 heteroatoms. The number of ether oxygens (including phenoxy) is 1. The second-order valence-corrected chi connectivity index (χ2v) is 7.61. The highest BCUT2D eigenvalue weighted by atomic mass is 32.2. The van der Waals surface area contributed by atoms with Crippen LogP contribution in [0.3, 0.4) is 0 Å². The highest BCUT2D eigenvalue weighted by molar-refractivity contribution is 7.92. The van der Waals surface area contributed by atoms with Gasteiger partial charge in [0.15, 0.2) is 0 Å². The molecule has 0 aliphatic rings. The highest BCUT2D eigenvalue weighted by Gasteiger charge is 2.09. The van der Waals surface area contributed by atoms with E-state index in [0.717, 1.165) is 23.1 Å². The fourth-order valence-electron chi connectivity index (χ4n) is 2.40. The van der Waals surface area contributed by atoms with Gasteiger partial charge in [0.25, 0.3) is 0 Å². The predicted molar refractivity (Wildman–Crippen MR) is 98.8 cm³/mol. The summed E-state index contributed by atoms with van der Waals surface area (Å²) in [4.78, 5) is 0. The Balaban J connectivity index is 2.08. The number of sulfonamides is 1. The molecule has 2 atom stereocenters. The van der Waals surface area contributed by atoms with Gasteiger partial charge in [0.1, 0.15) is 0 Å². The maximum Gasteiger partial charge on any atom is 0.229 e. The van der Waals surface area contributed by atoms with Crippen LogP contribution in [0.5, 0.6) is 0 Å². The van der Waals surface area contributed by atoms with Crippen LogP contribution in [0.1, 0.15) is 37.1 Å². The van der Waals surface area contributed by atoms with Crippen LogP contribution >= 0.6 is 0 Å². The largest absolute Gasteiger partial charge is 0.379 e. The van der Waals surface area contributed by atoms with Gasteiger partial charge in [-0.05, 0) is 49.2 Å². The quantitative estimate of drug-likeness (QED) is 0.795. The molecule has 0 saturated carbocycles. The Morgan fingerprint density at radius 3 is 2.21 bits per heavy atom. The lowest BCUT2D eigenvalue weighted by atomic mass is 10.1. The Morgan fingerprint density at radius 1 is 0.958 bits per heavy atom. The van der Waals surface area contributed by atoms with E-state index in [0.29, 0.717) is 5.69 Å². The molecule has 2 rings (SSSR count). The maximum atomic E-state index is 11.2. The average Bonchev–Trinajstić information content (AvgIpc) is 2.53. The number of hydrogen-bond donors (Lipinski definition) is 2. The van der Waals surface area contributed by atoms with Gasteiger partial charge in [-0.15, -0.1) is 0 Å². The van der Waals surface area contributed by atoms with Gasteiger partial charge < -0.3 is 10.1 Å². The zero-order chi connectivity index (χ0) is 17.7. The first-order chi connectivity index (χ1) is 11.3. The number of anilines is 2. The summed E-state index contributed by atoms with van der Waals surface area (Å²) in [6.45, 7) is 4.07. The van der Waals surface area contributed by atoms with Crippen LogP contribution in [0.2, 0.25) is 0 Å². The van der Waals surface area contributed by atoms with Crippen molar-refractivity contribution < 1.29 is 13.2 Å². The molecule has 0 aliphatic heterocycles. The highest BCUT2D eigenvalue weighted by Crippen LogP contribution is 2.24. The number of benzene rings is 2. The standard InChI is InChI=1S/C18H24N2O3S/c1-13(15-8-10-17(11-9-15)20-24(4,21)22)19-18-7-5-6-16(12-18)14(2)23-3/h5-14,19-20H,1-4H3/t13-,14+/m0/s1. The molecule has 0 bridgehead atoms. The number of hydrogen-bond acceptors (Lipinski definition) is 4. The summed E-state index contributed by atoms with van der Waals surface area (Å²) < 4.78 is 30.3. The maximum absolute atomic E-state index is 11.2. The van der Waals surface area contributed by atoms with Crippen molar-refractivity contribution in [3.63, 3.8) is 0 Å². The Morgan fingerprint density at radius 2 is 1.62 bits per heavy atom. The number of methoxy groups -OCH3 is 1. The van der Waals surface area contributed by atoms with Gasteiger partial charge in [-0.25, -0.2) is 8.42 Å². The monoisotopic (exact) mass is 348 g/mol. The second kappa shape index (κ2) is 7.68. The van der Waals surface area contributed by atoms with E-state index in [1.54, 1.807) is 19.2 Å². The number of rotatable bonds is 7. The molecule has 0 unspecified atom stereocenters. The minimum Gasteiger partial charge on any atom is -0.379 e. The van der Waals surface area contributed by atoms with Crippen LogP contribution < -0.4 is 10.0 Å². The molecule has 0 heterocycles. The Hall–Kier alpha value is -2.05. The van der Waals surface area contributed by atoms with Crippen molar-refractivity contribution in [1.29, 1.82) is 0 Å². The minimum atomic E-state index is -3.25. The van der Waals surface area contributed by atoms with Gasteiger partial charge in [0.2, 0.25) is 10.0 Å². The van der Waals surface area contributed by atoms with Crippen LogP contribution in [-0.2, 0) is 14.8 Å². The first-order valence-electron chi connectivity index (χ1n) is 7.75. The molecule has 130 valence electrons. The molecule has 0 aliphatic carbocycles. The van der Waals surface area contributed by atoms with Crippen molar-refractivity contribution in [2.24, 2.45) is 0 Å².